The molecule has 0 spiro atoms. The molecule has 1 aromatic rings. The van der Waals surface area contributed by atoms with Crippen LogP contribution in [0.1, 0.15) is 19.4 Å². The van der Waals surface area contributed by atoms with Crippen molar-refractivity contribution in [3.8, 4) is 0 Å². The lowest BCUT2D eigenvalue weighted by Gasteiger charge is -2.21. The molecule has 0 fully saturated rings. The summed E-state index contributed by atoms with van der Waals surface area (Å²) in [6.07, 6.45) is -4.30. The predicted octanol–water partition coefficient (Wildman–Crippen LogP) is 3.54. The second kappa shape index (κ2) is 5.40. The van der Waals surface area contributed by atoms with E-state index in [-0.39, 0.29) is 12.1 Å². The molecule has 2 unspecified atom stereocenters. The highest BCUT2D eigenvalue weighted by Crippen LogP contribution is 2.29. The normalized spacial score (nSPS) is 15.4. The minimum atomic E-state index is -4.29. The number of halogens is 3. The van der Waals surface area contributed by atoms with E-state index < -0.39 is 11.7 Å². The van der Waals surface area contributed by atoms with Gasteiger partial charge in [0.2, 0.25) is 0 Å². The first-order valence-electron chi connectivity index (χ1n) is 5.31. The molecule has 5 heteroatoms. The third-order valence-corrected chi connectivity index (χ3v) is 2.68. The number of anilines is 1. The van der Waals surface area contributed by atoms with Crippen LogP contribution in [-0.2, 0) is 10.9 Å². The maximum absolute atomic E-state index is 12.3. The summed E-state index contributed by atoms with van der Waals surface area (Å²) < 4.78 is 42.1. The summed E-state index contributed by atoms with van der Waals surface area (Å²) in [6, 6.07) is 4.99. The fourth-order valence-corrected chi connectivity index (χ4v) is 1.34. The summed E-state index contributed by atoms with van der Waals surface area (Å²) >= 11 is 0. The molecule has 0 aliphatic carbocycles. The van der Waals surface area contributed by atoms with E-state index in [9.17, 15) is 13.2 Å². The summed E-state index contributed by atoms with van der Waals surface area (Å²) in [7, 11) is 1.59. The molecule has 0 bridgehead atoms. The zero-order valence-electron chi connectivity index (χ0n) is 10.0. The molecule has 0 aliphatic heterocycles. The quantitative estimate of drug-likeness (QED) is 0.878. The van der Waals surface area contributed by atoms with Gasteiger partial charge in [-0.2, -0.15) is 13.2 Å². The van der Waals surface area contributed by atoms with Crippen LogP contribution in [0.3, 0.4) is 0 Å². The number of benzene rings is 1. The second-order valence-electron chi connectivity index (χ2n) is 3.95. The Bertz CT molecular complexity index is 348. The monoisotopic (exact) mass is 247 g/mol. The summed E-state index contributed by atoms with van der Waals surface area (Å²) in [5.41, 5.74) is 0.00453. The number of methoxy groups -OCH3 is 1. The first-order valence-corrected chi connectivity index (χ1v) is 5.31. The van der Waals surface area contributed by atoms with Crippen LogP contribution >= 0.6 is 0 Å². The van der Waals surface area contributed by atoms with E-state index in [0.717, 1.165) is 12.1 Å². The van der Waals surface area contributed by atoms with Crippen molar-refractivity contribution in [1.29, 1.82) is 0 Å². The molecule has 2 atom stereocenters. The number of alkyl halides is 3. The molecule has 0 saturated carbocycles. The molecule has 1 aromatic carbocycles. The van der Waals surface area contributed by atoms with E-state index in [1.807, 2.05) is 13.8 Å². The van der Waals surface area contributed by atoms with Crippen molar-refractivity contribution >= 4 is 5.69 Å². The van der Waals surface area contributed by atoms with E-state index in [1.54, 1.807) is 7.11 Å². The van der Waals surface area contributed by atoms with Crippen LogP contribution in [0, 0.1) is 0 Å². The van der Waals surface area contributed by atoms with E-state index >= 15 is 0 Å². The summed E-state index contributed by atoms with van der Waals surface area (Å²) in [5, 5.41) is 3.08. The predicted molar refractivity (Wildman–Crippen MR) is 61.0 cm³/mol. The van der Waals surface area contributed by atoms with Crippen LogP contribution in [0.25, 0.3) is 0 Å². The molecule has 17 heavy (non-hydrogen) atoms. The Morgan fingerprint density at radius 1 is 1.12 bits per heavy atom. The molecule has 0 aliphatic rings. The first-order chi connectivity index (χ1) is 7.84. The average Bonchev–Trinajstić information content (AvgIpc) is 2.27. The lowest BCUT2D eigenvalue weighted by atomic mass is 10.1. The summed E-state index contributed by atoms with van der Waals surface area (Å²) in [4.78, 5) is 0. The maximum atomic E-state index is 12.3. The van der Waals surface area contributed by atoms with Gasteiger partial charge in [-0.15, -0.1) is 0 Å². The van der Waals surface area contributed by atoms with Crippen molar-refractivity contribution in [2.75, 3.05) is 12.4 Å². The van der Waals surface area contributed by atoms with E-state index in [2.05, 4.69) is 5.32 Å². The van der Waals surface area contributed by atoms with Crippen molar-refractivity contribution < 1.29 is 17.9 Å². The molecular weight excluding hydrogens is 231 g/mol. The average molecular weight is 247 g/mol. The molecule has 96 valence electrons. The number of hydrogen-bond donors (Lipinski definition) is 1. The Morgan fingerprint density at radius 2 is 1.65 bits per heavy atom. The van der Waals surface area contributed by atoms with Gasteiger partial charge in [0, 0.05) is 18.8 Å². The SMILES string of the molecule is COC(C)C(C)Nc1ccc(C(F)(F)F)cc1. The molecule has 1 rings (SSSR count). The van der Waals surface area contributed by atoms with Gasteiger partial charge < -0.3 is 10.1 Å². The van der Waals surface area contributed by atoms with Crippen molar-refractivity contribution in [3.63, 3.8) is 0 Å². The fourth-order valence-electron chi connectivity index (χ4n) is 1.34. The Balaban J connectivity index is 2.69. The Hall–Kier alpha value is -1.23. The molecule has 1 N–H and O–H groups in total. The van der Waals surface area contributed by atoms with Gasteiger partial charge in [-0.3, -0.25) is 0 Å². The second-order valence-corrected chi connectivity index (χ2v) is 3.95. The largest absolute Gasteiger partial charge is 0.416 e. The van der Waals surface area contributed by atoms with Gasteiger partial charge in [-0.1, -0.05) is 0 Å². The van der Waals surface area contributed by atoms with Crippen molar-refractivity contribution in [2.45, 2.75) is 32.2 Å². The van der Waals surface area contributed by atoms with Crippen LogP contribution in [0.2, 0.25) is 0 Å². The zero-order valence-corrected chi connectivity index (χ0v) is 10.0. The van der Waals surface area contributed by atoms with Gasteiger partial charge in [0.15, 0.2) is 0 Å². The molecule has 0 saturated heterocycles. The van der Waals surface area contributed by atoms with E-state index in [4.69, 9.17) is 4.74 Å². The minimum Gasteiger partial charge on any atom is -0.380 e. The molecule has 0 aromatic heterocycles. The number of rotatable bonds is 4. The molecule has 0 amide bonds. The topological polar surface area (TPSA) is 21.3 Å². The molecule has 2 nitrogen and oxygen atoms in total. The van der Waals surface area contributed by atoms with Gasteiger partial charge >= 0.3 is 6.18 Å². The van der Waals surface area contributed by atoms with Crippen molar-refractivity contribution in [2.24, 2.45) is 0 Å². The van der Waals surface area contributed by atoms with Crippen molar-refractivity contribution in [1.82, 2.24) is 0 Å². The van der Waals surface area contributed by atoms with E-state index in [0.29, 0.717) is 5.69 Å². The third kappa shape index (κ3) is 3.93. The summed E-state index contributed by atoms with van der Waals surface area (Å²) in [5.74, 6) is 0. The highest BCUT2D eigenvalue weighted by Gasteiger charge is 2.29. The smallest absolute Gasteiger partial charge is 0.380 e. The van der Waals surface area contributed by atoms with Gasteiger partial charge in [-0.05, 0) is 38.1 Å². The van der Waals surface area contributed by atoms with Crippen LogP contribution < -0.4 is 5.32 Å². The highest BCUT2D eigenvalue weighted by atomic mass is 19.4. The first kappa shape index (κ1) is 13.8. The van der Waals surface area contributed by atoms with Gasteiger partial charge in [0.05, 0.1) is 11.7 Å². The minimum absolute atomic E-state index is 0.0164. The lowest BCUT2D eigenvalue weighted by molar-refractivity contribution is -0.137. The standard InChI is InChI=1S/C12H16F3NO/c1-8(9(2)17-3)16-11-6-4-10(5-7-11)12(13,14)15/h4-9,16H,1-3H3. The fraction of sp³-hybridized carbons (Fsp3) is 0.500. The van der Waals surface area contributed by atoms with E-state index in [1.165, 1.54) is 12.1 Å². The van der Waals surface area contributed by atoms with Gasteiger partial charge in [0.1, 0.15) is 0 Å². The summed E-state index contributed by atoms with van der Waals surface area (Å²) in [6.45, 7) is 3.80. The zero-order chi connectivity index (χ0) is 13.1. The molecule has 0 heterocycles. The van der Waals surface area contributed by atoms with Crippen LogP contribution in [0.4, 0.5) is 18.9 Å². The van der Waals surface area contributed by atoms with Gasteiger partial charge in [-0.25, -0.2) is 0 Å². The Kier molecular flexibility index (Phi) is 4.40. The third-order valence-electron chi connectivity index (χ3n) is 2.68. The lowest BCUT2D eigenvalue weighted by Crippen LogP contribution is -2.29. The van der Waals surface area contributed by atoms with Crippen LogP contribution in [0.15, 0.2) is 24.3 Å². The Morgan fingerprint density at radius 3 is 2.06 bits per heavy atom. The highest BCUT2D eigenvalue weighted by molar-refractivity contribution is 5.46. The Labute approximate surface area is 98.8 Å². The van der Waals surface area contributed by atoms with Crippen LogP contribution in [0.5, 0.6) is 0 Å². The van der Waals surface area contributed by atoms with Gasteiger partial charge in [0.25, 0.3) is 0 Å². The van der Waals surface area contributed by atoms with Crippen LogP contribution in [-0.4, -0.2) is 19.3 Å². The number of ether oxygens (including phenoxy) is 1. The molecular formula is C12H16F3NO. The maximum Gasteiger partial charge on any atom is 0.416 e. The number of hydrogen-bond acceptors (Lipinski definition) is 2. The number of nitrogens with one attached hydrogen (secondary N) is 1. The van der Waals surface area contributed by atoms with Crippen molar-refractivity contribution in [3.05, 3.63) is 29.8 Å². The molecule has 0 radical (unpaired) electrons.